The van der Waals surface area contributed by atoms with Gasteiger partial charge in [0, 0.05) is 11.6 Å². The second kappa shape index (κ2) is 4.12. The highest BCUT2D eigenvalue weighted by atomic mass is 16.2. The molecule has 3 nitrogen and oxygen atoms in total. The Hall–Kier alpha value is -0.570. The van der Waals surface area contributed by atoms with Crippen molar-refractivity contribution < 1.29 is 4.79 Å². The van der Waals surface area contributed by atoms with E-state index in [1.807, 2.05) is 0 Å². The summed E-state index contributed by atoms with van der Waals surface area (Å²) in [7, 11) is 0. The van der Waals surface area contributed by atoms with E-state index >= 15 is 0 Å². The number of carbonyl (C=O) groups excluding carboxylic acids is 1. The lowest BCUT2D eigenvalue weighted by atomic mass is 9.94. The Kier molecular flexibility index (Phi) is 3.01. The fourth-order valence-electron chi connectivity index (χ4n) is 2.36. The highest BCUT2D eigenvalue weighted by Crippen LogP contribution is 2.35. The first-order chi connectivity index (χ1) is 7.11. The highest BCUT2D eigenvalue weighted by molar-refractivity contribution is 5.80. The van der Waals surface area contributed by atoms with Gasteiger partial charge in [0.2, 0.25) is 5.91 Å². The van der Waals surface area contributed by atoms with Crippen LogP contribution in [0.15, 0.2) is 0 Å². The van der Waals surface area contributed by atoms with Crippen LogP contribution >= 0.6 is 0 Å². The van der Waals surface area contributed by atoms with Gasteiger partial charge in [-0.1, -0.05) is 19.3 Å². The van der Waals surface area contributed by atoms with Gasteiger partial charge < -0.3 is 11.1 Å². The molecule has 15 heavy (non-hydrogen) atoms. The maximum Gasteiger partial charge on any atom is 0.225 e. The number of amides is 1. The fraction of sp³-hybridized carbons (Fsp3) is 0.917. The number of nitrogens with two attached hydrogens (primary N) is 1. The average molecular weight is 210 g/mol. The zero-order valence-corrected chi connectivity index (χ0v) is 9.59. The Morgan fingerprint density at radius 1 is 1.27 bits per heavy atom. The van der Waals surface area contributed by atoms with E-state index in [1.54, 1.807) is 0 Å². The minimum Gasteiger partial charge on any atom is -0.351 e. The number of carbonyl (C=O) groups is 1. The maximum absolute atomic E-state index is 12.0. The summed E-state index contributed by atoms with van der Waals surface area (Å²) in [4.78, 5) is 12.0. The molecular formula is C12H22N2O. The molecule has 0 aromatic carbocycles. The number of rotatable bonds is 2. The minimum atomic E-state index is 0.0601. The summed E-state index contributed by atoms with van der Waals surface area (Å²) in [5.74, 6) is 0.259. The lowest BCUT2D eigenvalue weighted by Crippen LogP contribution is -2.45. The molecule has 0 heterocycles. The van der Waals surface area contributed by atoms with Crippen LogP contribution in [0.4, 0.5) is 0 Å². The molecule has 0 saturated heterocycles. The molecule has 0 aromatic heterocycles. The molecule has 86 valence electrons. The van der Waals surface area contributed by atoms with E-state index in [2.05, 4.69) is 12.2 Å². The van der Waals surface area contributed by atoms with Gasteiger partial charge in [0.1, 0.15) is 0 Å². The molecule has 0 bridgehead atoms. The first kappa shape index (κ1) is 10.9. The molecule has 3 N–H and O–H groups in total. The Labute approximate surface area is 91.8 Å². The standard InChI is InChI=1S/C12H22N2O/c1-12(7-8-12)14-11(15)9-5-3-2-4-6-10(9)13/h9-10H,2-8,13H2,1H3,(H,14,15). The highest BCUT2D eigenvalue weighted by Gasteiger charge is 2.40. The molecule has 2 aliphatic rings. The van der Waals surface area contributed by atoms with E-state index in [0.717, 1.165) is 32.1 Å². The number of nitrogens with one attached hydrogen (secondary N) is 1. The summed E-state index contributed by atoms with van der Waals surface area (Å²) < 4.78 is 0. The van der Waals surface area contributed by atoms with Crippen LogP contribution in [0.5, 0.6) is 0 Å². The molecule has 1 amide bonds. The van der Waals surface area contributed by atoms with Crippen LogP contribution in [0, 0.1) is 5.92 Å². The summed E-state index contributed by atoms with van der Waals surface area (Å²) >= 11 is 0. The van der Waals surface area contributed by atoms with Gasteiger partial charge in [0.05, 0.1) is 5.92 Å². The Morgan fingerprint density at radius 2 is 1.93 bits per heavy atom. The van der Waals surface area contributed by atoms with Crippen LogP contribution in [0.1, 0.15) is 51.9 Å². The molecule has 2 atom stereocenters. The van der Waals surface area contributed by atoms with Gasteiger partial charge in [0.25, 0.3) is 0 Å². The average Bonchev–Trinajstić information content (AvgIpc) is 2.91. The lowest BCUT2D eigenvalue weighted by Gasteiger charge is -2.22. The monoisotopic (exact) mass is 210 g/mol. The van der Waals surface area contributed by atoms with Crippen molar-refractivity contribution in [2.45, 2.75) is 63.5 Å². The lowest BCUT2D eigenvalue weighted by molar-refractivity contribution is -0.126. The number of hydrogen-bond acceptors (Lipinski definition) is 2. The predicted octanol–water partition coefficient (Wildman–Crippen LogP) is 1.56. The Balaban J connectivity index is 1.91. The van der Waals surface area contributed by atoms with Crippen LogP contribution in [0.25, 0.3) is 0 Å². The van der Waals surface area contributed by atoms with Gasteiger partial charge >= 0.3 is 0 Å². The van der Waals surface area contributed by atoms with E-state index < -0.39 is 0 Å². The van der Waals surface area contributed by atoms with Gasteiger partial charge in [-0.2, -0.15) is 0 Å². The summed E-state index contributed by atoms with van der Waals surface area (Å²) in [6.07, 6.45) is 7.80. The first-order valence-corrected chi connectivity index (χ1v) is 6.18. The molecule has 2 fully saturated rings. The molecule has 0 aliphatic heterocycles. The van der Waals surface area contributed by atoms with Gasteiger partial charge in [-0.3, -0.25) is 4.79 Å². The van der Waals surface area contributed by atoms with E-state index in [1.165, 1.54) is 12.8 Å². The molecule has 2 rings (SSSR count). The summed E-state index contributed by atoms with van der Waals surface area (Å²) in [5, 5.41) is 3.14. The van der Waals surface area contributed by atoms with Crippen molar-refractivity contribution in [3.05, 3.63) is 0 Å². The van der Waals surface area contributed by atoms with Crippen LogP contribution in [0.3, 0.4) is 0 Å². The van der Waals surface area contributed by atoms with Crippen molar-refractivity contribution in [2.24, 2.45) is 11.7 Å². The van der Waals surface area contributed by atoms with Crippen molar-refractivity contribution in [1.82, 2.24) is 5.32 Å². The first-order valence-electron chi connectivity index (χ1n) is 6.18. The van der Waals surface area contributed by atoms with E-state index in [0.29, 0.717) is 0 Å². The van der Waals surface area contributed by atoms with Crippen LogP contribution in [0.2, 0.25) is 0 Å². The van der Waals surface area contributed by atoms with Crippen molar-refractivity contribution >= 4 is 5.91 Å². The molecule has 0 spiro atoms. The van der Waals surface area contributed by atoms with Crippen molar-refractivity contribution in [2.75, 3.05) is 0 Å². The van der Waals surface area contributed by atoms with Gasteiger partial charge in [-0.25, -0.2) is 0 Å². The summed E-state index contributed by atoms with van der Waals surface area (Å²) in [6, 6.07) is 0.0786. The third-order valence-corrected chi connectivity index (χ3v) is 3.83. The zero-order chi connectivity index (χ0) is 10.9. The van der Waals surface area contributed by atoms with E-state index in [9.17, 15) is 4.79 Å². The van der Waals surface area contributed by atoms with Crippen LogP contribution < -0.4 is 11.1 Å². The maximum atomic E-state index is 12.0. The minimum absolute atomic E-state index is 0.0601. The molecule has 2 unspecified atom stereocenters. The topological polar surface area (TPSA) is 55.1 Å². The van der Waals surface area contributed by atoms with E-state index in [-0.39, 0.29) is 23.4 Å². The SMILES string of the molecule is CC1(NC(=O)C2CCCCCC2N)CC1. The van der Waals surface area contributed by atoms with Crippen molar-refractivity contribution in [3.8, 4) is 0 Å². The Bertz CT molecular complexity index is 248. The number of hydrogen-bond donors (Lipinski definition) is 2. The fourth-order valence-corrected chi connectivity index (χ4v) is 2.36. The largest absolute Gasteiger partial charge is 0.351 e. The molecule has 2 aliphatic carbocycles. The molecule has 0 radical (unpaired) electrons. The molecule has 0 aromatic rings. The summed E-state index contributed by atoms with van der Waals surface area (Å²) in [5.41, 5.74) is 6.16. The third kappa shape index (κ3) is 2.71. The van der Waals surface area contributed by atoms with Crippen LogP contribution in [-0.4, -0.2) is 17.5 Å². The molecule has 3 heteroatoms. The smallest absolute Gasteiger partial charge is 0.225 e. The predicted molar refractivity (Wildman–Crippen MR) is 60.3 cm³/mol. The van der Waals surface area contributed by atoms with Gasteiger partial charge in [-0.15, -0.1) is 0 Å². The quantitative estimate of drug-likeness (QED) is 0.680. The van der Waals surface area contributed by atoms with Crippen molar-refractivity contribution in [3.63, 3.8) is 0 Å². The zero-order valence-electron chi connectivity index (χ0n) is 9.59. The van der Waals surface area contributed by atoms with Gasteiger partial charge in [-0.05, 0) is 32.6 Å². The van der Waals surface area contributed by atoms with Crippen molar-refractivity contribution in [1.29, 1.82) is 0 Å². The van der Waals surface area contributed by atoms with E-state index in [4.69, 9.17) is 5.73 Å². The second-order valence-electron chi connectivity index (χ2n) is 5.46. The van der Waals surface area contributed by atoms with Gasteiger partial charge in [0.15, 0.2) is 0 Å². The normalized spacial score (nSPS) is 34.3. The second-order valence-corrected chi connectivity index (χ2v) is 5.46. The Morgan fingerprint density at radius 3 is 2.60 bits per heavy atom. The third-order valence-electron chi connectivity index (χ3n) is 3.83. The van der Waals surface area contributed by atoms with Crippen LogP contribution in [-0.2, 0) is 4.79 Å². The summed E-state index contributed by atoms with van der Waals surface area (Å²) in [6.45, 7) is 2.12. The molecular weight excluding hydrogens is 188 g/mol. The molecule has 2 saturated carbocycles.